The first-order valence-corrected chi connectivity index (χ1v) is 49.8. The third kappa shape index (κ3) is 42.8. The van der Waals surface area contributed by atoms with Crippen LogP contribution in [0.3, 0.4) is 0 Å². The first kappa shape index (κ1) is 119. The second-order valence-corrected chi connectivity index (χ2v) is 36.6. The van der Waals surface area contributed by atoms with Crippen LogP contribution in [0.4, 0.5) is 5.69 Å². The number of quaternary nitrogens is 1. The summed E-state index contributed by atoms with van der Waals surface area (Å²) in [5.41, 5.74) is 7.37. The molecule has 0 saturated carbocycles. The number of nitrogens with zero attached hydrogens (tertiary/aromatic N) is 4. The molecule has 9 amide bonds. The average molecular weight is 2010 g/mol. The number of carbonyl (C=O) groups excluding carboxylic acids is 10. The number of imide groups is 1. The van der Waals surface area contributed by atoms with Crippen LogP contribution < -0.4 is 42.4 Å². The summed E-state index contributed by atoms with van der Waals surface area (Å²) < 4.78 is 83.0. The first-order valence-electron chi connectivity index (χ1n) is 47.7. The number of methoxy groups -OCH3 is 1. The minimum atomic E-state index is -2.08. The molecule has 6 rings (SSSR count). The van der Waals surface area contributed by atoms with Gasteiger partial charge < -0.3 is 144 Å². The highest BCUT2D eigenvalue weighted by atomic mass is 32.2. The summed E-state index contributed by atoms with van der Waals surface area (Å²) in [5.74, 6) is -10.4. The van der Waals surface area contributed by atoms with E-state index < -0.39 is 168 Å². The summed E-state index contributed by atoms with van der Waals surface area (Å²) in [7, 11) is 5.12. The maximum absolute atomic E-state index is 15.2. The normalized spacial score (nSPS) is 20.0. The first-order chi connectivity index (χ1) is 66.7. The van der Waals surface area contributed by atoms with Crippen molar-refractivity contribution in [2.45, 2.75) is 210 Å². The minimum absolute atomic E-state index is 0.0210. The van der Waals surface area contributed by atoms with E-state index in [0.717, 1.165) is 33.6 Å². The maximum Gasteiger partial charge on any atom is 0.335 e. The Morgan fingerprint density at radius 2 is 1.24 bits per heavy atom. The maximum atomic E-state index is 15.2. The van der Waals surface area contributed by atoms with E-state index in [2.05, 4.69) is 36.9 Å². The molecule has 784 valence electrons. The number of hydrogen-bond donors (Lipinski definition) is 12. The third-order valence-corrected chi connectivity index (χ3v) is 25.6. The summed E-state index contributed by atoms with van der Waals surface area (Å²) in [4.78, 5) is 170. The van der Waals surface area contributed by atoms with Crippen LogP contribution in [-0.2, 0) is 132 Å². The number of ether oxygens (including phenoxy) is 15. The van der Waals surface area contributed by atoms with Crippen LogP contribution in [0.25, 0.3) is 0 Å². The molecule has 2 aromatic carbocycles. The Kier molecular flexibility index (Phi) is 56.7. The zero-order chi connectivity index (χ0) is 102. The quantitative estimate of drug-likeness (QED) is 0.0167. The van der Waals surface area contributed by atoms with Crippen molar-refractivity contribution in [1.82, 2.24) is 41.4 Å². The van der Waals surface area contributed by atoms with Gasteiger partial charge in [0.25, 0.3) is 11.8 Å². The molecule has 3 aromatic rings. The molecule has 5 unspecified atom stereocenters. The lowest BCUT2D eigenvalue weighted by atomic mass is 9.92. The van der Waals surface area contributed by atoms with Crippen molar-refractivity contribution in [3.8, 4) is 5.75 Å². The fourth-order valence-corrected chi connectivity index (χ4v) is 17.2. The minimum Gasteiger partial charge on any atom is -0.481 e. The Hall–Kier alpha value is -8.66. The number of piperidine rings is 1. The Balaban J connectivity index is 0.996. The van der Waals surface area contributed by atoms with E-state index in [0.29, 0.717) is 183 Å². The summed E-state index contributed by atoms with van der Waals surface area (Å²) in [6.45, 7) is 19.6. The van der Waals surface area contributed by atoms with Crippen LogP contribution in [-0.4, -0.2) is 394 Å². The molecule has 3 aliphatic heterocycles. The Morgan fingerprint density at radius 1 is 0.669 bits per heavy atom. The van der Waals surface area contributed by atoms with Gasteiger partial charge in [-0.05, 0) is 86.8 Å². The molecule has 43 nitrogen and oxygen atoms in total. The number of carbonyl (C=O) groups is 12. The molecule has 0 spiro atoms. The van der Waals surface area contributed by atoms with Gasteiger partial charge in [-0.1, -0.05) is 71.4 Å². The molecule has 0 aliphatic carbocycles. The fraction of sp³-hybridized carbons (Fsp3) is 0.713. The summed E-state index contributed by atoms with van der Waals surface area (Å²) >= 11 is 2.22. The molecule has 3 saturated heterocycles. The number of amides is 9. The Morgan fingerprint density at radius 3 is 1.76 bits per heavy atom. The molecular weight excluding hydrogens is 1860 g/mol. The van der Waals surface area contributed by atoms with Gasteiger partial charge in [0.15, 0.2) is 18.2 Å². The van der Waals surface area contributed by atoms with Crippen molar-refractivity contribution in [2.24, 2.45) is 23.5 Å². The number of thiazole rings is 1. The van der Waals surface area contributed by atoms with E-state index in [4.69, 9.17) is 76.8 Å². The highest BCUT2D eigenvalue weighted by Gasteiger charge is 2.50. The van der Waals surface area contributed by atoms with Crippen LogP contribution in [0.15, 0.2) is 53.9 Å². The highest BCUT2D eigenvalue weighted by Crippen LogP contribution is 2.36. The van der Waals surface area contributed by atoms with Gasteiger partial charge in [-0.15, -0.1) is 11.3 Å². The van der Waals surface area contributed by atoms with Gasteiger partial charge in [0.1, 0.15) is 59.4 Å². The number of rotatable bonds is 74. The molecule has 0 radical (unpaired) electrons. The molecule has 3 aliphatic rings. The average Bonchev–Trinajstić information content (AvgIpc) is 1.63. The van der Waals surface area contributed by atoms with E-state index in [1.165, 1.54) is 24.4 Å². The molecule has 4 heterocycles. The van der Waals surface area contributed by atoms with Crippen molar-refractivity contribution in [2.75, 3.05) is 211 Å². The van der Waals surface area contributed by atoms with Gasteiger partial charge in [-0.3, -0.25) is 57.6 Å². The Bertz CT molecular complexity index is 4190. The molecule has 3 fully saturated rings. The summed E-state index contributed by atoms with van der Waals surface area (Å²) in [5, 5.41) is 70.2. The number of likely N-dealkylation sites (N-methyl/N-ethyl adjacent to an activating group) is 2. The van der Waals surface area contributed by atoms with Crippen LogP contribution >= 0.6 is 23.1 Å². The predicted molar refractivity (Wildman–Crippen MR) is 508 cm³/mol. The van der Waals surface area contributed by atoms with Crippen LogP contribution in [0, 0.1) is 17.8 Å². The van der Waals surface area contributed by atoms with Crippen molar-refractivity contribution in [3.63, 3.8) is 0 Å². The number of aliphatic hydroxyl groups excluding tert-OH is 3. The molecular formula is C94H150N11O32S2+. The number of hydrogen-bond acceptors (Lipinski definition) is 34. The SMILES string of the molecule is CC[C@H](C)[C@H](NC(=O)[C@H]1CCCC[N+]1(C)Cc1ccc(OC2O[C@H](C(=O)O)[C@@H](O)[C@H](O)[C@H]2O)c(NC(=O)CCNC(=O)C(CCCCNC(=O)CCOCCOCCOCCOCCOCCOCCOCCOCCOCCOCCOCCOC)NC(=O)C(CN)N2C(=O)CC(SC)C2=O)c1)C(=O)N(C)[C@H](C[C@@H](OC(C)=O)c1nc(C(=O)N[C@@H](Cc2ccccc2)C[C@H](C)C(=O)O)cs1)C(C)C. The monoisotopic (exact) mass is 2010 g/mol. The van der Waals surface area contributed by atoms with Crippen molar-refractivity contribution in [1.29, 1.82) is 0 Å². The van der Waals surface area contributed by atoms with Gasteiger partial charge in [0.05, 0.1) is 182 Å². The predicted octanol–water partition coefficient (Wildman–Crippen LogP) is 2.33. The molecule has 139 heavy (non-hydrogen) atoms. The van der Waals surface area contributed by atoms with Crippen molar-refractivity contribution < 1.29 is 159 Å². The fourth-order valence-electron chi connectivity index (χ4n) is 15.7. The van der Waals surface area contributed by atoms with Gasteiger partial charge in [0, 0.05) is 95.8 Å². The lowest BCUT2D eigenvalue weighted by Crippen LogP contribution is -2.63. The number of unbranched alkanes of at least 4 members (excludes halogenated alkanes) is 1. The van der Waals surface area contributed by atoms with Crippen molar-refractivity contribution >= 4 is 99.9 Å². The summed E-state index contributed by atoms with van der Waals surface area (Å²) in [6.07, 6.45) is -6.95. The van der Waals surface area contributed by atoms with E-state index in [9.17, 15) is 73.5 Å². The number of aromatic nitrogens is 1. The van der Waals surface area contributed by atoms with Crippen molar-refractivity contribution in [3.05, 3.63) is 75.7 Å². The lowest BCUT2D eigenvalue weighted by molar-refractivity contribution is -0.942. The smallest absolute Gasteiger partial charge is 0.335 e. The molecule has 45 heteroatoms. The number of esters is 1. The number of aliphatic carboxylic acids is 2. The Labute approximate surface area is 821 Å². The number of benzene rings is 2. The number of nitrogens with one attached hydrogen (secondary N) is 6. The van der Waals surface area contributed by atoms with E-state index in [1.54, 1.807) is 38.3 Å². The summed E-state index contributed by atoms with van der Waals surface area (Å²) in [6, 6.07) is 7.97. The lowest BCUT2D eigenvalue weighted by Gasteiger charge is -2.44. The third-order valence-electron chi connectivity index (χ3n) is 23.7. The number of carboxylic acid groups (broad SMARTS) is 2. The molecule has 0 bridgehead atoms. The van der Waals surface area contributed by atoms with Gasteiger partial charge in [0.2, 0.25) is 47.6 Å². The van der Waals surface area contributed by atoms with E-state index in [-0.39, 0.29) is 116 Å². The van der Waals surface area contributed by atoms with Gasteiger partial charge >= 0.3 is 17.9 Å². The number of nitrogens with two attached hydrogens (primary N) is 1. The van der Waals surface area contributed by atoms with Gasteiger partial charge in [-0.25, -0.2) is 9.78 Å². The van der Waals surface area contributed by atoms with Crippen LogP contribution in [0.5, 0.6) is 5.75 Å². The van der Waals surface area contributed by atoms with Gasteiger partial charge in [-0.2, -0.15) is 11.8 Å². The largest absolute Gasteiger partial charge is 0.481 e. The topological polar surface area (TPSA) is 562 Å². The zero-order valence-corrected chi connectivity index (χ0v) is 83.5. The van der Waals surface area contributed by atoms with Crippen LogP contribution in [0.1, 0.15) is 151 Å². The second-order valence-electron chi connectivity index (χ2n) is 34.7. The number of thioether (sulfide) groups is 1. The zero-order valence-electron chi connectivity index (χ0n) is 81.9. The molecule has 1 aromatic heterocycles. The standard InChI is InChI=1S/C94H149N11O32S2/c1-11-62(4)80(91(118)103(7)71(61(2)3)56-75(135-64(6)106)89-101-70(60-139-89)86(114)98-67(53-63(5)92(119)120)54-65-19-13-12-14-20-65)102-88(116)73-22-16-18-29-105(73,8)59-66-23-24-74(136-94-83(112)81(110)82(111)84(137-94)93(121)122)69(55-66)99-78(108)25-28-97-85(113)68(100-87(115)72(58-95)104-79(109)57-76(138-10)90(104)117)21-15-17-27-96-77(107)26-30-124-33-34-126-37-38-128-41-42-130-45-46-132-49-50-134-52-51-133-48-47-131-44-43-129-40-39-127-36-35-125-32-31-123-9/h12-14,19-20,23-24,55,60-63,67-68,71-73,75-76,80-84,94,110-112H,11,15-18,21-22,25-54,56-59,95H2,1-10H3,(H7-,96,97,98,99,100,102,107,108,113,114,115,116,119,120,121,122)/p+1/t62-,63-,67+,68?,71+,72?,73+,75+,76?,80-,81-,82-,83+,84-,94?,105?/m0/s1. The number of anilines is 1. The molecule has 13 N–H and O–H groups in total. The molecule has 16 atom stereocenters. The number of aliphatic hydroxyl groups is 3. The van der Waals surface area contributed by atoms with Crippen LogP contribution in [0.2, 0.25) is 0 Å². The number of likely N-dealkylation sites (tertiary alicyclic amines) is 2. The van der Waals surface area contributed by atoms with E-state index >= 15 is 9.59 Å². The van der Waals surface area contributed by atoms with E-state index in [1.807, 2.05) is 65.1 Å². The highest BCUT2D eigenvalue weighted by molar-refractivity contribution is 8.00. The second kappa shape index (κ2) is 66.2. The number of carboxylic acids is 2.